The highest BCUT2D eigenvalue weighted by Crippen LogP contribution is 2.38. The van der Waals surface area contributed by atoms with Crippen LogP contribution in [0.25, 0.3) is 0 Å². The van der Waals surface area contributed by atoms with Crippen molar-refractivity contribution in [3.8, 4) is 0 Å². The molecule has 0 aromatic heterocycles. The van der Waals surface area contributed by atoms with E-state index in [2.05, 4.69) is 46.3 Å². The lowest BCUT2D eigenvalue weighted by molar-refractivity contribution is -0.864. The summed E-state index contributed by atoms with van der Waals surface area (Å²) in [6.45, 7) is 3.31. The van der Waals surface area contributed by atoms with Gasteiger partial charge in [-0.25, -0.2) is 0 Å². The topological polar surface area (TPSA) is 18.5 Å². The van der Waals surface area contributed by atoms with Crippen LogP contribution in [0.2, 0.25) is 0 Å². The molecular formula is C15H22INO2. The molecule has 1 heterocycles. The zero-order chi connectivity index (χ0) is 13.2. The molecule has 0 bridgehead atoms. The Hall–Kier alpha value is -0.590. The molecule has 2 rings (SSSR count). The predicted octanol–water partition coefficient (Wildman–Crippen LogP) is -0.500. The van der Waals surface area contributed by atoms with E-state index in [1.54, 1.807) is 0 Å². The second-order valence-electron chi connectivity index (χ2n) is 5.85. The first-order valence-electron chi connectivity index (χ1n) is 6.25. The first-order valence-corrected chi connectivity index (χ1v) is 6.25. The number of hydrogen-bond acceptors (Lipinski definition) is 2. The Kier molecular flexibility index (Phi) is 5.41. The van der Waals surface area contributed by atoms with Crippen molar-refractivity contribution in [2.45, 2.75) is 12.5 Å². The van der Waals surface area contributed by atoms with Crippen molar-refractivity contribution >= 4 is 0 Å². The fourth-order valence-electron chi connectivity index (χ4n) is 2.01. The molecule has 0 amide bonds. The summed E-state index contributed by atoms with van der Waals surface area (Å²) in [7, 11) is 6.48. The summed E-state index contributed by atoms with van der Waals surface area (Å²) in [6, 6.07) is 10.2. The molecule has 1 aromatic rings. The van der Waals surface area contributed by atoms with Gasteiger partial charge in [0.1, 0.15) is 12.3 Å². The largest absolute Gasteiger partial charge is 1.00 e. The third-order valence-corrected chi connectivity index (χ3v) is 3.18. The Morgan fingerprint density at radius 2 is 1.84 bits per heavy atom. The molecule has 1 aliphatic heterocycles. The number of rotatable bonds is 3. The molecule has 0 saturated carbocycles. The zero-order valence-corrected chi connectivity index (χ0v) is 14.2. The van der Waals surface area contributed by atoms with E-state index in [1.165, 1.54) is 0 Å². The molecule has 1 aromatic carbocycles. The van der Waals surface area contributed by atoms with E-state index in [0.717, 1.165) is 22.4 Å². The van der Waals surface area contributed by atoms with Gasteiger partial charge >= 0.3 is 0 Å². The molecule has 19 heavy (non-hydrogen) atoms. The average Bonchev–Trinajstić information content (AvgIpc) is 2.70. The number of benzene rings is 1. The summed E-state index contributed by atoms with van der Waals surface area (Å²) in [5.74, 6) is 0.918. The van der Waals surface area contributed by atoms with Crippen LogP contribution >= 0.6 is 0 Å². The third-order valence-electron chi connectivity index (χ3n) is 3.18. The molecule has 1 unspecified atom stereocenters. The van der Waals surface area contributed by atoms with Crippen molar-refractivity contribution < 1.29 is 37.9 Å². The van der Waals surface area contributed by atoms with Gasteiger partial charge in [-0.05, 0) is 12.5 Å². The fourth-order valence-corrected chi connectivity index (χ4v) is 2.01. The van der Waals surface area contributed by atoms with Gasteiger partial charge in [0.15, 0.2) is 12.4 Å². The predicted molar refractivity (Wildman–Crippen MR) is 71.8 cm³/mol. The van der Waals surface area contributed by atoms with E-state index < -0.39 is 5.60 Å². The lowest BCUT2D eigenvalue weighted by atomic mass is 9.93. The van der Waals surface area contributed by atoms with Crippen molar-refractivity contribution in [1.82, 2.24) is 0 Å². The Labute approximate surface area is 132 Å². The van der Waals surface area contributed by atoms with Crippen molar-refractivity contribution in [1.29, 1.82) is 0 Å². The second-order valence-corrected chi connectivity index (χ2v) is 5.85. The molecule has 0 N–H and O–H groups in total. The molecule has 1 atom stereocenters. The lowest BCUT2D eigenvalue weighted by Crippen LogP contribution is -3.00. The second kappa shape index (κ2) is 6.24. The Morgan fingerprint density at radius 3 is 2.42 bits per heavy atom. The maximum Gasteiger partial charge on any atom is 0.190 e. The maximum absolute atomic E-state index is 5.81. The van der Waals surface area contributed by atoms with Gasteiger partial charge in [0.2, 0.25) is 0 Å². The van der Waals surface area contributed by atoms with Gasteiger partial charge in [-0.2, -0.15) is 0 Å². The van der Waals surface area contributed by atoms with Gasteiger partial charge in [-0.15, -0.1) is 0 Å². The molecular weight excluding hydrogens is 353 g/mol. The average molecular weight is 375 g/mol. The van der Waals surface area contributed by atoms with Crippen molar-refractivity contribution in [3.63, 3.8) is 0 Å². The van der Waals surface area contributed by atoms with E-state index >= 15 is 0 Å². The highest BCUT2D eigenvalue weighted by Gasteiger charge is 2.39. The summed E-state index contributed by atoms with van der Waals surface area (Å²) in [5.41, 5.74) is 0.686. The van der Waals surface area contributed by atoms with Crippen molar-refractivity contribution in [3.05, 3.63) is 47.7 Å². The number of ether oxygens (including phenoxy) is 2. The molecule has 106 valence electrons. The van der Waals surface area contributed by atoms with Crippen LogP contribution in [0.5, 0.6) is 0 Å². The number of likely N-dealkylation sites (N-methyl/N-ethyl adjacent to an activating group) is 1. The molecule has 3 nitrogen and oxygen atoms in total. The van der Waals surface area contributed by atoms with Crippen LogP contribution < -0.4 is 24.0 Å². The van der Waals surface area contributed by atoms with Gasteiger partial charge < -0.3 is 37.9 Å². The quantitative estimate of drug-likeness (QED) is 0.524. The van der Waals surface area contributed by atoms with Gasteiger partial charge in [0.25, 0.3) is 0 Å². The molecule has 0 aliphatic carbocycles. The Bertz CT molecular complexity index is 439. The fraction of sp³-hybridized carbons (Fsp3) is 0.467. The molecule has 0 spiro atoms. The van der Waals surface area contributed by atoms with Crippen LogP contribution in [0.1, 0.15) is 12.5 Å². The monoisotopic (exact) mass is 375 g/mol. The van der Waals surface area contributed by atoms with E-state index in [9.17, 15) is 0 Å². The van der Waals surface area contributed by atoms with Crippen molar-refractivity contribution in [2.24, 2.45) is 0 Å². The van der Waals surface area contributed by atoms with Gasteiger partial charge in [-0.3, -0.25) is 0 Å². The molecule has 1 aliphatic rings. The maximum atomic E-state index is 5.81. The minimum Gasteiger partial charge on any atom is -1.00 e. The first kappa shape index (κ1) is 16.5. The zero-order valence-electron chi connectivity index (χ0n) is 12.0. The summed E-state index contributed by atoms with van der Waals surface area (Å²) in [4.78, 5) is 0. The number of nitrogens with zero attached hydrogens (tertiary/aromatic N) is 1. The molecule has 1 fully saturated rings. The SMILES string of the molecule is CC1(c2ccccc2)OCOC1=CC[N+](C)(C)C.[I-]. The Morgan fingerprint density at radius 1 is 1.21 bits per heavy atom. The van der Waals surface area contributed by atoms with Crippen LogP contribution in [0, 0.1) is 0 Å². The summed E-state index contributed by atoms with van der Waals surface area (Å²) < 4.78 is 12.3. The van der Waals surface area contributed by atoms with E-state index in [1.807, 2.05) is 18.2 Å². The van der Waals surface area contributed by atoms with Crippen LogP contribution in [0.4, 0.5) is 0 Å². The van der Waals surface area contributed by atoms with Gasteiger partial charge in [-0.1, -0.05) is 30.3 Å². The summed E-state index contributed by atoms with van der Waals surface area (Å²) >= 11 is 0. The molecule has 0 radical (unpaired) electrons. The number of hydrogen-bond donors (Lipinski definition) is 0. The van der Waals surface area contributed by atoms with E-state index in [0.29, 0.717) is 6.79 Å². The van der Waals surface area contributed by atoms with Crippen LogP contribution in [-0.2, 0) is 15.1 Å². The minimum atomic E-state index is -0.448. The third kappa shape index (κ3) is 3.94. The Balaban J connectivity index is 0.00000180. The van der Waals surface area contributed by atoms with Crippen LogP contribution in [-0.4, -0.2) is 39.0 Å². The first-order chi connectivity index (χ1) is 8.42. The highest BCUT2D eigenvalue weighted by molar-refractivity contribution is 5.30. The number of halogens is 1. The minimum absolute atomic E-state index is 0. The van der Waals surface area contributed by atoms with E-state index in [-0.39, 0.29) is 24.0 Å². The van der Waals surface area contributed by atoms with Crippen molar-refractivity contribution in [2.75, 3.05) is 34.5 Å². The van der Waals surface area contributed by atoms with Crippen LogP contribution in [0.3, 0.4) is 0 Å². The normalized spacial score (nSPS) is 24.9. The summed E-state index contributed by atoms with van der Waals surface area (Å²) in [6.07, 6.45) is 2.14. The number of quaternary nitrogens is 1. The smallest absolute Gasteiger partial charge is 0.190 e. The summed E-state index contributed by atoms with van der Waals surface area (Å²) in [5, 5.41) is 0. The van der Waals surface area contributed by atoms with Gasteiger partial charge in [0.05, 0.1) is 21.1 Å². The van der Waals surface area contributed by atoms with Gasteiger partial charge in [0, 0.05) is 6.08 Å². The molecule has 1 saturated heterocycles. The van der Waals surface area contributed by atoms with Crippen LogP contribution in [0.15, 0.2) is 42.2 Å². The van der Waals surface area contributed by atoms with E-state index in [4.69, 9.17) is 9.47 Å². The molecule has 4 heteroatoms. The standard InChI is InChI=1S/C15H22NO2.HI/c1-15(13-8-6-5-7-9-13)14(17-12-18-15)10-11-16(2,3)4;/h5-10H,11-12H2,1-4H3;1H/q+1;/p-1. The lowest BCUT2D eigenvalue weighted by Gasteiger charge is -2.25. The highest BCUT2D eigenvalue weighted by atomic mass is 127.